The second-order valence-corrected chi connectivity index (χ2v) is 12.9. The van der Waals surface area contributed by atoms with E-state index in [4.69, 9.17) is 0 Å². The summed E-state index contributed by atoms with van der Waals surface area (Å²) >= 11 is 0. The third-order valence-electron chi connectivity index (χ3n) is 9.55. The Kier molecular flexibility index (Phi) is 9.60. The number of carboxylic acids is 2. The molecule has 0 bridgehead atoms. The first-order chi connectivity index (χ1) is 23.9. The van der Waals surface area contributed by atoms with Crippen LogP contribution in [0.25, 0.3) is 10.9 Å². The zero-order valence-electron chi connectivity index (χ0n) is 27.7. The van der Waals surface area contributed by atoms with Gasteiger partial charge in [-0.3, -0.25) is 28.8 Å². The van der Waals surface area contributed by atoms with E-state index in [1.54, 1.807) is 4.90 Å². The molecule has 1 aliphatic carbocycles. The first-order valence-electron chi connectivity index (χ1n) is 16.6. The van der Waals surface area contributed by atoms with E-state index in [0.717, 1.165) is 40.1 Å². The van der Waals surface area contributed by atoms with Crippen molar-refractivity contribution in [3.8, 4) is 0 Å². The maximum Gasteiger partial charge on any atom is 0.341 e. The van der Waals surface area contributed by atoms with Gasteiger partial charge in [-0.25, -0.2) is 18.4 Å². The average Bonchev–Trinajstić information content (AvgIpc) is 3.91. The predicted octanol–water partition coefficient (Wildman–Crippen LogP) is 3.83. The average molecular weight is 693 g/mol. The maximum atomic E-state index is 16.1. The van der Waals surface area contributed by atoms with Crippen LogP contribution in [0.3, 0.4) is 0 Å². The van der Waals surface area contributed by atoms with Crippen LogP contribution in [0.4, 0.5) is 26.0 Å². The number of hydrogen-bond donors (Lipinski definition) is 4. The number of unbranched alkanes of at least 4 members (excludes halogenated alkanes) is 1. The molecule has 2 aromatic carbocycles. The minimum atomic E-state index is -1.50. The second-order valence-electron chi connectivity index (χ2n) is 12.9. The number of hydrogen-bond acceptors (Lipinski definition) is 8. The van der Waals surface area contributed by atoms with Crippen molar-refractivity contribution >= 4 is 40.0 Å². The lowest BCUT2D eigenvalue weighted by Crippen LogP contribution is -2.57. The molecule has 1 aliphatic heterocycles. The lowest BCUT2D eigenvalue weighted by atomic mass is 10.1. The molecule has 13 nitrogen and oxygen atoms in total. The van der Waals surface area contributed by atoms with E-state index in [0.29, 0.717) is 32.2 Å². The molecule has 15 heteroatoms. The van der Waals surface area contributed by atoms with Gasteiger partial charge in [-0.2, -0.15) is 0 Å². The van der Waals surface area contributed by atoms with Crippen LogP contribution in [-0.4, -0.2) is 73.4 Å². The summed E-state index contributed by atoms with van der Waals surface area (Å²) in [6.45, 7) is 4.45. The van der Waals surface area contributed by atoms with E-state index < -0.39 is 57.5 Å². The summed E-state index contributed by atoms with van der Waals surface area (Å²) in [5, 5.41) is 22.2. The lowest BCUT2D eigenvalue weighted by molar-refractivity contribution is -0.143. The number of carbonyl (C=O) groups is 2. The Hall–Kier alpha value is -5.31. The fourth-order valence-corrected chi connectivity index (χ4v) is 6.71. The number of benzene rings is 2. The fourth-order valence-electron chi connectivity index (χ4n) is 6.71. The Morgan fingerprint density at radius 3 is 2.42 bits per heavy atom. The van der Waals surface area contributed by atoms with E-state index in [9.17, 15) is 34.2 Å². The summed E-state index contributed by atoms with van der Waals surface area (Å²) in [5.74, 6) is -4.54. The van der Waals surface area contributed by atoms with E-state index in [2.05, 4.69) is 10.3 Å². The minimum Gasteiger partial charge on any atom is -0.480 e. The molecule has 0 radical (unpaired) electrons. The zero-order valence-corrected chi connectivity index (χ0v) is 27.7. The van der Waals surface area contributed by atoms with Gasteiger partial charge in [0.05, 0.1) is 10.9 Å². The fraction of sp³-hybridized carbons (Fsp3) is 0.400. The van der Waals surface area contributed by atoms with Crippen molar-refractivity contribution < 1.29 is 28.6 Å². The Balaban J connectivity index is 1.13. The molecule has 1 atom stereocenters. The molecule has 264 valence electrons. The van der Waals surface area contributed by atoms with Crippen molar-refractivity contribution in [2.75, 3.05) is 36.4 Å². The number of pyridine rings is 1. The number of nitrogens with one attached hydrogen (secondary N) is 2. The molecule has 3 heterocycles. The lowest BCUT2D eigenvalue weighted by Gasteiger charge is -2.40. The van der Waals surface area contributed by atoms with Crippen LogP contribution in [0.15, 0.2) is 50.9 Å². The molecule has 6 rings (SSSR count). The summed E-state index contributed by atoms with van der Waals surface area (Å²) < 4.78 is 34.1. The number of anilines is 3. The molecular formula is C35H38F2N6O7. The molecular weight excluding hydrogens is 654 g/mol. The van der Waals surface area contributed by atoms with Crippen molar-refractivity contribution in [3.05, 3.63) is 95.9 Å². The van der Waals surface area contributed by atoms with Gasteiger partial charge in [0.15, 0.2) is 5.82 Å². The first-order valence-corrected chi connectivity index (χ1v) is 16.6. The number of H-pyrrole nitrogens is 1. The van der Waals surface area contributed by atoms with E-state index in [-0.39, 0.29) is 48.9 Å². The molecule has 50 heavy (non-hydrogen) atoms. The molecule has 2 aromatic heterocycles. The molecule has 1 saturated heterocycles. The number of piperazine rings is 1. The number of rotatable bonds is 12. The van der Waals surface area contributed by atoms with Crippen molar-refractivity contribution in [1.82, 2.24) is 19.0 Å². The van der Waals surface area contributed by atoms with Crippen LogP contribution in [0.1, 0.15) is 60.1 Å². The number of halogens is 2. The summed E-state index contributed by atoms with van der Waals surface area (Å²) in [5.41, 5.74) is -0.281. The molecule has 2 fully saturated rings. The van der Waals surface area contributed by atoms with Crippen LogP contribution in [0.2, 0.25) is 0 Å². The van der Waals surface area contributed by atoms with Crippen LogP contribution in [0.5, 0.6) is 0 Å². The van der Waals surface area contributed by atoms with Gasteiger partial charge in [0, 0.05) is 50.2 Å². The molecule has 0 spiro atoms. The molecule has 1 saturated carbocycles. The highest BCUT2D eigenvalue weighted by Gasteiger charge is 2.36. The van der Waals surface area contributed by atoms with Crippen LogP contribution < -0.4 is 26.9 Å². The smallest absolute Gasteiger partial charge is 0.341 e. The van der Waals surface area contributed by atoms with E-state index in [1.807, 2.05) is 32.0 Å². The van der Waals surface area contributed by atoms with Gasteiger partial charge in [0.25, 0.3) is 5.56 Å². The number of aliphatic carboxylic acids is 1. The quantitative estimate of drug-likeness (QED) is 0.160. The molecule has 0 amide bonds. The second kappa shape index (κ2) is 13.9. The zero-order chi connectivity index (χ0) is 35.9. The normalized spacial score (nSPS) is 16.6. The third kappa shape index (κ3) is 6.77. The molecule has 2 aliphatic rings. The Morgan fingerprint density at radius 1 is 1.02 bits per heavy atom. The van der Waals surface area contributed by atoms with Gasteiger partial charge in [-0.05, 0) is 74.9 Å². The topological polar surface area (TPSA) is 170 Å². The Bertz CT molecular complexity index is 2140. The van der Waals surface area contributed by atoms with Gasteiger partial charge >= 0.3 is 17.6 Å². The van der Waals surface area contributed by atoms with Crippen LogP contribution >= 0.6 is 0 Å². The highest BCUT2D eigenvalue weighted by Crippen LogP contribution is 2.40. The van der Waals surface area contributed by atoms with E-state index in [1.165, 1.54) is 15.5 Å². The number of nitrogens with zero attached hydrogens (tertiary/aromatic N) is 4. The van der Waals surface area contributed by atoms with Crippen molar-refractivity contribution in [2.24, 2.45) is 0 Å². The van der Waals surface area contributed by atoms with Gasteiger partial charge in [-0.15, -0.1) is 0 Å². The number of aryl methyl sites for hydroxylation is 2. The van der Waals surface area contributed by atoms with Crippen LogP contribution in [-0.2, 0) is 17.8 Å². The molecule has 4 aromatic rings. The largest absolute Gasteiger partial charge is 0.480 e. The third-order valence-corrected chi connectivity index (χ3v) is 9.55. The molecule has 1 unspecified atom stereocenters. The minimum absolute atomic E-state index is 0.0817. The number of fused-ring (bicyclic) bond motifs is 1. The number of carboxylic acid groups (broad SMARTS) is 2. The maximum absolute atomic E-state index is 16.1. The highest BCUT2D eigenvalue weighted by atomic mass is 19.1. The summed E-state index contributed by atoms with van der Waals surface area (Å²) in [6, 6.07) is 6.58. The van der Waals surface area contributed by atoms with Crippen molar-refractivity contribution in [3.63, 3.8) is 0 Å². The predicted molar refractivity (Wildman–Crippen MR) is 183 cm³/mol. The van der Waals surface area contributed by atoms with Gasteiger partial charge in [0.1, 0.15) is 28.9 Å². The first kappa shape index (κ1) is 34.5. The van der Waals surface area contributed by atoms with Gasteiger partial charge in [-0.1, -0.05) is 13.0 Å². The van der Waals surface area contributed by atoms with E-state index >= 15 is 8.78 Å². The number of aromatic carboxylic acids is 1. The van der Waals surface area contributed by atoms with Crippen molar-refractivity contribution in [1.29, 1.82) is 0 Å². The SMILES string of the molecule is CCc1cc(Nc2cc(=O)n(CCCCN3CCN(c4c(F)cc5c(=O)c(C(=O)O)cn(C6CC6)c5c4F)CC3C(=O)O)c(=O)[nH]2)ccc1C. The highest BCUT2D eigenvalue weighted by molar-refractivity contribution is 5.94. The van der Waals surface area contributed by atoms with Crippen molar-refractivity contribution in [2.45, 2.75) is 64.6 Å². The standard InChI is InChI=1S/C35H38F2N6O7/c1-3-20-14-21(7-6-19(20)2)38-27-16-28(44)42(35(50)39-27)11-5-4-10-40-12-13-41(18-26(40)34(48)49)31-25(36)15-23-30(29(31)37)43(22-8-9-22)17-24(32(23)45)33(46)47/h6-7,14-17,22,26,38H,3-5,8-13,18H2,1-2H3,(H,39,50)(H,46,47)(H,48,49). The molecule has 4 N–H and O–H groups in total. The summed E-state index contributed by atoms with van der Waals surface area (Å²) in [4.78, 5) is 68.1. The monoisotopic (exact) mass is 692 g/mol. The van der Waals surface area contributed by atoms with Gasteiger partial charge in [0.2, 0.25) is 5.43 Å². The number of aromatic amines is 1. The Morgan fingerprint density at radius 2 is 1.76 bits per heavy atom. The Labute approximate surface area is 284 Å². The summed E-state index contributed by atoms with van der Waals surface area (Å²) in [7, 11) is 0. The summed E-state index contributed by atoms with van der Waals surface area (Å²) in [6.07, 6.45) is 4.05. The number of aromatic nitrogens is 3. The van der Waals surface area contributed by atoms with Gasteiger partial charge < -0.3 is 25.0 Å². The van der Waals surface area contributed by atoms with Crippen LogP contribution in [0, 0.1) is 18.6 Å².